The number of nitrogens with one attached hydrogen (secondary N) is 4. The molecule has 2 saturated heterocycles. The van der Waals surface area contributed by atoms with Gasteiger partial charge in [-0.25, -0.2) is 13.6 Å². The topological polar surface area (TPSA) is 85.5 Å². The summed E-state index contributed by atoms with van der Waals surface area (Å²) in [6.45, 7) is 0.761. The first kappa shape index (κ1) is 19.4. The Bertz CT molecular complexity index is 891. The summed E-state index contributed by atoms with van der Waals surface area (Å²) in [7, 11) is 0. The fraction of sp³-hybridized carbons (Fsp3) is 0.300. The average molecular weight is 401 g/mol. The maximum absolute atomic E-state index is 13.3. The van der Waals surface area contributed by atoms with Gasteiger partial charge in [0.25, 0.3) is 0 Å². The maximum atomic E-state index is 13.3. The molecule has 3 atom stereocenters. The van der Waals surface area contributed by atoms with E-state index >= 15 is 0 Å². The summed E-state index contributed by atoms with van der Waals surface area (Å²) < 4.78 is 26.6. The molecule has 2 aromatic rings. The molecule has 0 spiro atoms. The van der Waals surface area contributed by atoms with Crippen molar-refractivity contribution in [1.82, 2.24) is 26.2 Å². The van der Waals surface area contributed by atoms with Crippen LogP contribution in [0.5, 0.6) is 0 Å². The number of halogens is 2. The van der Waals surface area contributed by atoms with Gasteiger partial charge in [0.05, 0.1) is 18.6 Å². The highest BCUT2D eigenvalue weighted by atomic mass is 19.1. The zero-order valence-corrected chi connectivity index (χ0v) is 15.5. The third-order valence-electron chi connectivity index (χ3n) is 5.01. The minimum absolute atomic E-state index is 0.207. The molecule has 0 bridgehead atoms. The first-order valence-electron chi connectivity index (χ1n) is 9.33. The van der Waals surface area contributed by atoms with Crippen molar-refractivity contribution in [2.24, 2.45) is 5.92 Å². The molecular weight excluding hydrogens is 380 g/mol. The number of imide groups is 1. The number of carbonyl (C=O) groups excluding carboxylic acids is 2. The fourth-order valence-corrected chi connectivity index (χ4v) is 3.58. The van der Waals surface area contributed by atoms with Gasteiger partial charge in [-0.05, 0) is 23.3 Å². The van der Waals surface area contributed by atoms with E-state index in [1.165, 1.54) is 17.0 Å². The van der Waals surface area contributed by atoms with Gasteiger partial charge in [-0.1, -0.05) is 30.3 Å². The van der Waals surface area contributed by atoms with Crippen LogP contribution < -0.4 is 21.3 Å². The quantitative estimate of drug-likeness (QED) is 0.606. The summed E-state index contributed by atoms with van der Waals surface area (Å²) in [4.78, 5) is 26.5. The number of amides is 3. The Hall–Kier alpha value is -2.88. The molecule has 9 heteroatoms. The van der Waals surface area contributed by atoms with Crippen molar-refractivity contribution in [3.63, 3.8) is 0 Å². The summed E-state index contributed by atoms with van der Waals surface area (Å²) in [6, 6.07) is 12.2. The number of carbonyl (C=O) groups is 2. The number of fused-ring (bicyclic) bond motifs is 1. The van der Waals surface area contributed by atoms with Crippen LogP contribution in [0.1, 0.15) is 11.1 Å². The van der Waals surface area contributed by atoms with Gasteiger partial charge in [-0.3, -0.25) is 25.6 Å². The Morgan fingerprint density at radius 1 is 1.03 bits per heavy atom. The maximum Gasteiger partial charge on any atom is 0.325 e. The molecule has 7 nitrogen and oxygen atoms in total. The minimum atomic E-state index is -0.643. The van der Waals surface area contributed by atoms with Crippen molar-refractivity contribution in [3.8, 4) is 0 Å². The predicted molar refractivity (Wildman–Crippen MR) is 101 cm³/mol. The lowest BCUT2D eigenvalue weighted by Crippen LogP contribution is -2.74. The smallest absolute Gasteiger partial charge is 0.321 e. The van der Waals surface area contributed by atoms with Gasteiger partial charge >= 0.3 is 6.03 Å². The Morgan fingerprint density at radius 3 is 2.48 bits per heavy atom. The van der Waals surface area contributed by atoms with E-state index < -0.39 is 36.0 Å². The number of benzene rings is 2. The van der Waals surface area contributed by atoms with Crippen molar-refractivity contribution in [1.29, 1.82) is 0 Å². The second-order valence-corrected chi connectivity index (χ2v) is 7.11. The molecule has 2 aliphatic rings. The monoisotopic (exact) mass is 401 g/mol. The van der Waals surface area contributed by atoms with E-state index in [9.17, 15) is 18.4 Å². The normalized spacial score (nSPS) is 24.2. The van der Waals surface area contributed by atoms with E-state index in [4.69, 9.17) is 0 Å². The zero-order valence-electron chi connectivity index (χ0n) is 15.5. The van der Waals surface area contributed by atoms with Gasteiger partial charge in [-0.15, -0.1) is 0 Å². The van der Waals surface area contributed by atoms with E-state index in [0.29, 0.717) is 12.1 Å². The van der Waals surface area contributed by atoms with Crippen LogP contribution in [-0.2, 0) is 17.9 Å². The van der Waals surface area contributed by atoms with Crippen LogP contribution in [0.3, 0.4) is 0 Å². The number of hydrogen-bond acceptors (Lipinski definition) is 5. The predicted octanol–water partition coefficient (Wildman–Crippen LogP) is 1.23. The Morgan fingerprint density at radius 2 is 1.76 bits per heavy atom. The SMILES string of the molecule is O=C1NC2NC(NCc3cc(F)cc(F)c3)NCC2C(=O)N1Cc1ccccc1. The van der Waals surface area contributed by atoms with Crippen LogP contribution >= 0.6 is 0 Å². The van der Waals surface area contributed by atoms with Gasteiger partial charge in [0.15, 0.2) is 0 Å². The molecule has 2 aromatic carbocycles. The number of rotatable bonds is 5. The van der Waals surface area contributed by atoms with E-state index in [2.05, 4.69) is 21.3 Å². The second kappa shape index (κ2) is 8.24. The highest BCUT2D eigenvalue weighted by Gasteiger charge is 2.43. The van der Waals surface area contributed by atoms with Crippen molar-refractivity contribution in [3.05, 3.63) is 71.3 Å². The highest BCUT2D eigenvalue weighted by Crippen LogP contribution is 2.19. The first-order valence-corrected chi connectivity index (χ1v) is 9.33. The Kier molecular flexibility index (Phi) is 5.52. The molecule has 152 valence electrons. The van der Waals surface area contributed by atoms with Gasteiger partial charge in [-0.2, -0.15) is 0 Å². The summed E-state index contributed by atoms with van der Waals surface area (Å²) in [5, 5.41) is 12.1. The largest absolute Gasteiger partial charge is 0.325 e. The molecule has 29 heavy (non-hydrogen) atoms. The standard InChI is InChI=1S/C20H21F2N5O2/c21-14-6-13(7-15(22)8-14)9-23-19-24-10-16-17(25-19)26-20(29)27(18(16)28)11-12-4-2-1-3-5-12/h1-8,16-17,19,23-25H,9-11H2,(H,26,29). The van der Waals surface area contributed by atoms with E-state index in [1.807, 2.05) is 30.3 Å². The number of urea groups is 1. The van der Waals surface area contributed by atoms with Crippen LogP contribution in [0, 0.1) is 17.6 Å². The Labute approximate surface area is 166 Å². The van der Waals surface area contributed by atoms with Crippen molar-refractivity contribution in [2.45, 2.75) is 25.5 Å². The minimum Gasteiger partial charge on any atom is -0.321 e. The molecule has 0 saturated carbocycles. The van der Waals surface area contributed by atoms with Crippen LogP contribution in [-0.4, -0.2) is 35.8 Å². The van der Waals surface area contributed by atoms with Gasteiger partial charge in [0, 0.05) is 19.2 Å². The molecule has 0 aromatic heterocycles. The Balaban J connectivity index is 1.36. The molecule has 4 N–H and O–H groups in total. The van der Waals surface area contributed by atoms with E-state index in [-0.39, 0.29) is 19.0 Å². The lowest BCUT2D eigenvalue weighted by atomic mass is 9.99. The summed E-state index contributed by atoms with van der Waals surface area (Å²) >= 11 is 0. The van der Waals surface area contributed by atoms with Crippen LogP contribution in [0.25, 0.3) is 0 Å². The molecule has 4 rings (SSSR count). The van der Waals surface area contributed by atoms with Gasteiger partial charge in [0.2, 0.25) is 5.91 Å². The summed E-state index contributed by atoms with van der Waals surface area (Å²) in [5.74, 6) is -2.00. The number of hydrogen-bond donors (Lipinski definition) is 4. The third-order valence-corrected chi connectivity index (χ3v) is 5.01. The summed E-state index contributed by atoms with van der Waals surface area (Å²) in [5.41, 5.74) is 1.32. The van der Waals surface area contributed by atoms with Gasteiger partial charge in [0.1, 0.15) is 17.9 Å². The second-order valence-electron chi connectivity index (χ2n) is 7.11. The van der Waals surface area contributed by atoms with E-state index in [1.54, 1.807) is 0 Å². The third kappa shape index (κ3) is 4.42. The lowest BCUT2D eigenvalue weighted by Gasteiger charge is -2.43. The highest BCUT2D eigenvalue weighted by molar-refractivity contribution is 5.98. The zero-order chi connectivity index (χ0) is 20.4. The molecule has 3 unspecified atom stereocenters. The average Bonchev–Trinajstić information content (AvgIpc) is 2.69. The summed E-state index contributed by atoms with van der Waals surface area (Å²) in [6.07, 6.45) is -0.971. The fourth-order valence-electron chi connectivity index (χ4n) is 3.58. The molecule has 0 aliphatic carbocycles. The van der Waals surface area contributed by atoms with Crippen molar-refractivity contribution < 1.29 is 18.4 Å². The first-order chi connectivity index (χ1) is 14.0. The molecule has 2 aliphatic heterocycles. The van der Waals surface area contributed by atoms with Crippen LogP contribution in [0.15, 0.2) is 48.5 Å². The van der Waals surface area contributed by atoms with E-state index in [0.717, 1.165) is 11.6 Å². The van der Waals surface area contributed by atoms with Crippen molar-refractivity contribution in [2.75, 3.05) is 6.54 Å². The van der Waals surface area contributed by atoms with Crippen molar-refractivity contribution >= 4 is 11.9 Å². The van der Waals surface area contributed by atoms with Gasteiger partial charge < -0.3 is 5.32 Å². The molecule has 2 fully saturated rings. The molecular formula is C20H21F2N5O2. The number of nitrogens with zero attached hydrogens (tertiary/aromatic N) is 1. The lowest BCUT2D eigenvalue weighted by molar-refractivity contribution is -0.137. The molecule has 2 heterocycles. The van der Waals surface area contributed by atoms with Crippen LogP contribution in [0.4, 0.5) is 13.6 Å². The molecule has 0 radical (unpaired) electrons. The van der Waals surface area contributed by atoms with Crippen LogP contribution in [0.2, 0.25) is 0 Å². The molecule has 3 amide bonds.